The smallest absolute Gasteiger partial charge is 0.341 e. The van der Waals surface area contributed by atoms with Crippen LogP contribution in [-0.2, 0) is 4.74 Å². The maximum atomic E-state index is 11.8. The number of carbonyl (C=O) groups excluding carboxylic acids is 1. The van der Waals surface area contributed by atoms with Crippen molar-refractivity contribution in [3.8, 4) is 0 Å². The molecular formula is C14H22N2O2S. The summed E-state index contributed by atoms with van der Waals surface area (Å²) in [4.78, 5) is 16.0. The lowest BCUT2D eigenvalue weighted by Gasteiger charge is -2.16. The lowest BCUT2D eigenvalue weighted by Crippen LogP contribution is -2.19. The summed E-state index contributed by atoms with van der Waals surface area (Å²) >= 11 is 1.91. The van der Waals surface area contributed by atoms with E-state index >= 15 is 0 Å². The second-order valence-electron chi connectivity index (χ2n) is 4.15. The summed E-state index contributed by atoms with van der Waals surface area (Å²) in [5.74, 6) is 2.51. The van der Waals surface area contributed by atoms with Gasteiger partial charge in [0, 0.05) is 12.2 Å². The fourth-order valence-electron chi connectivity index (χ4n) is 1.60. The molecule has 1 rings (SSSR count). The predicted molar refractivity (Wildman–Crippen MR) is 80.9 cm³/mol. The summed E-state index contributed by atoms with van der Waals surface area (Å²) in [5, 5.41) is 3.28. The van der Waals surface area contributed by atoms with Crippen molar-refractivity contribution < 1.29 is 9.53 Å². The maximum absolute atomic E-state index is 11.8. The Hall–Kier alpha value is -1.23. The molecule has 0 saturated heterocycles. The molecule has 1 atom stereocenters. The number of anilines is 1. The highest BCUT2D eigenvalue weighted by molar-refractivity contribution is 7.99. The molecule has 0 amide bonds. The Morgan fingerprint density at radius 1 is 1.53 bits per heavy atom. The minimum atomic E-state index is -0.326. The Bertz CT molecular complexity index is 399. The third-order valence-electron chi connectivity index (χ3n) is 2.59. The first-order valence-electron chi connectivity index (χ1n) is 6.65. The van der Waals surface area contributed by atoms with Crippen LogP contribution in [0.25, 0.3) is 0 Å². The Labute approximate surface area is 119 Å². The van der Waals surface area contributed by atoms with Gasteiger partial charge in [0.1, 0.15) is 11.4 Å². The fraction of sp³-hybridized carbons (Fsp3) is 0.571. The van der Waals surface area contributed by atoms with Crippen molar-refractivity contribution in [2.24, 2.45) is 0 Å². The molecule has 1 heterocycles. The van der Waals surface area contributed by atoms with E-state index in [1.807, 2.05) is 11.8 Å². The zero-order chi connectivity index (χ0) is 14.1. The number of carbonyl (C=O) groups is 1. The second kappa shape index (κ2) is 8.80. The molecule has 5 heteroatoms. The van der Waals surface area contributed by atoms with E-state index in [0.29, 0.717) is 18.0 Å². The number of rotatable bonds is 8. The first-order valence-corrected chi connectivity index (χ1v) is 7.80. The quantitative estimate of drug-likeness (QED) is 0.586. The molecule has 1 unspecified atom stereocenters. The zero-order valence-corrected chi connectivity index (χ0v) is 12.6. The van der Waals surface area contributed by atoms with Crippen molar-refractivity contribution in [3.63, 3.8) is 0 Å². The van der Waals surface area contributed by atoms with E-state index in [0.717, 1.165) is 17.9 Å². The van der Waals surface area contributed by atoms with Crippen LogP contribution in [0, 0.1) is 0 Å². The number of ether oxygens (including phenoxy) is 1. The number of nitrogens with zero attached hydrogens (tertiary/aromatic N) is 1. The fourth-order valence-corrected chi connectivity index (χ4v) is 2.41. The van der Waals surface area contributed by atoms with Crippen LogP contribution in [0.15, 0.2) is 18.3 Å². The largest absolute Gasteiger partial charge is 0.462 e. The standard InChI is InChI=1S/C14H22N2O2S/c1-4-18-14(17)12-7-6-9-15-13(12)16-11(3)8-10-19-5-2/h6-7,9,11H,4-5,8,10H2,1-3H3,(H,15,16). The summed E-state index contributed by atoms with van der Waals surface area (Å²) in [5.41, 5.74) is 0.499. The first kappa shape index (κ1) is 15.8. The highest BCUT2D eigenvalue weighted by atomic mass is 32.2. The van der Waals surface area contributed by atoms with Crippen molar-refractivity contribution >= 4 is 23.5 Å². The highest BCUT2D eigenvalue weighted by Gasteiger charge is 2.14. The number of thioether (sulfide) groups is 1. The van der Waals surface area contributed by atoms with Gasteiger partial charge in [-0.2, -0.15) is 11.8 Å². The van der Waals surface area contributed by atoms with Gasteiger partial charge >= 0.3 is 5.97 Å². The average molecular weight is 282 g/mol. The van der Waals surface area contributed by atoms with Gasteiger partial charge in [-0.15, -0.1) is 0 Å². The summed E-state index contributed by atoms with van der Waals surface area (Å²) in [6.07, 6.45) is 2.72. The van der Waals surface area contributed by atoms with Crippen molar-refractivity contribution in [2.45, 2.75) is 33.2 Å². The second-order valence-corrected chi connectivity index (χ2v) is 5.54. The monoisotopic (exact) mass is 282 g/mol. The van der Waals surface area contributed by atoms with Crippen molar-refractivity contribution in [3.05, 3.63) is 23.9 Å². The van der Waals surface area contributed by atoms with E-state index < -0.39 is 0 Å². The van der Waals surface area contributed by atoms with Gasteiger partial charge in [0.2, 0.25) is 0 Å². The molecule has 0 bridgehead atoms. The molecule has 4 nitrogen and oxygen atoms in total. The van der Waals surface area contributed by atoms with E-state index in [4.69, 9.17) is 4.74 Å². The molecule has 0 radical (unpaired) electrons. The van der Waals surface area contributed by atoms with E-state index in [-0.39, 0.29) is 12.0 Å². The lowest BCUT2D eigenvalue weighted by atomic mass is 10.2. The molecule has 0 aliphatic heterocycles. The highest BCUT2D eigenvalue weighted by Crippen LogP contribution is 2.15. The Morgan fingerprint density at radius 2 is 2.32 bits per heavy atom. The molecule has 0 aliphatic carbocycles. The molecule has 1 aromatic rings. The Balaban J connectivity index is 2.64. The Kier molecular flexibility index (Phi) is 7.33. The van der Waals surface area contributed by atoms with Gasteiger partial charge in [0.15, 0.2) is 0 Å². The predicted octanol–water partition coefficient (Wildman–Crippen LogP) is 3.20. The van der Waals surface area contributed by atoms with Crippen LogP contribution in [0.3, 0.4) is 0 Å². The number of aromatic nitrogens is 1. The van der Waals surface area contributed by atoms with Gasteiger partial charge in [-0.25, -0.2) is 9.78 Å². The van der Waals surface area contributed by atoms with Crippen molar-refractivity contribution in [2.75, 3.05) is 23.4 Å². The van der Waals surface area contributed by atoms with Crippen LogP contribution in [-0.4, -0.2) is 35.1 Å². The minimum Gasteiger partial charge on any atom is -0.462 e. The number of nitrogens with one attached hydrogen (secondary N) is 1. The Morgan fingerprint density at radius 3 is 3.00 bits per heavy atom. The number of hydrogen-bond donors (Lipinski definition) is 1. The molecular weight excluding hydrogens is 260 g/mol. The van der Waals surface area contributed by atoms with Gasteiger partial charge < -0.3 is 10.1 Å². The van der Waals surface area contributed by atoms with Gasteiger partial charge in [0.25, 0.3) is 0 Å². The summed E-state index contributed by atoms with van der Waals surface area (Å²) in [6.45, 7) is 6.42. The molecule has 0 aromatic carbocycles. The van der Waals surface area contributed by atoms with E-state index in [1.54, 1.807) is 25.3 Å². The third-order valence-corrected chi connectivity index (χ3v) is 3.52. The van der Waals surface area contributed by atoms with Gasteiger partial charge in [0.05, 0.1) is 6.61 Å². The maximum Gasteiger partial charge on any atom is 0.341 e. The van der Waals surface area contributed by atoms with Crippen LogP contribution in [0.4, 0.5) is 5.82 Å². The van der Waals surface area contributed by atoms with Crippen LogP contribution >= 0.6 is 11.8 Å². The molecule has 0 aliphatic rings. The summed E-state index contributed by atoms with van der Waals surface area (Å²) in [6, 6.07) is 3.76. The van der Waals surface area contributed by atoms with Crippen LogP contribution in [0.1, 0.15) is 37.6 Å². The molecule has 1 N–H and O–H groups in total. The summed E-state index contributed by atoms with van der Waals surface area (Å²) < 4.78 is 5.03. The molecule has 1 aromatic heterocycles. The van der Waals surface area contributed by atoms with Crippen LogP contribution < -0.4 is 5.32 Å². The van der Waals surface area contributed by atoms with Crippen molar-refractivity contribution in [1.29, 1.82) is 0 Å². The number of esters is 1. The van der Waals surface area contributed by atoms with E-state index in [9.17, 15) is 4.79 Å². The third kappa shape index (κ3) is 5.51. The number of hydrogen-bond acceptors (Lipinski definition) is 5. The van der Waals surface area contributed by atoms with Crippen LogP contribution in [0.2, 0.25) is 0 Å². The molecule has 0 saturated carbocycles. The van der Waals surface area contributed by atoms with E-state index in [2.05, 4.69) is 24.1 Å². The average Bonchev–Trinajstić information content (AvgIpc) is 2.40. The van der Waals surface area contributed by atoms with Crippen LogP contribution in [0.5, 0.6) is 0 Å². The SMILES string of the molecule is CCOC(=O)c1cccnc1NC(C)CCSCC. The van der Waals surface area contributed by atoms with Crippen molar-refractivity contribution in [1.82, 2.24) is 4.98 Å². The summed E-state index contributed by atoms with van der Waals surface area (Å²) in [7, 11) is 0. The minimum absolute atomic E-state index is 0.280. The van der Waals surface area contributed by atoms with Gasteiger partial charge in [-0.1, -0.05) is 6.92 Å². The van der Waals surface area contributed by atoms with Gasteiger partial charge in [-0.3, -0.25) is 0 Å². The topological polar surface area (TPSA) is 51.2 Å². The normalized spacial score (nSPS) is 11.9. The number of pyridine rings is 1. The molecule has 19 heavy (non-hydrogen) atoms. The van der Waals surface area contributed by atoms with E-state index in [1.165, 1.54) is 0 Å². The van der Waals surface area contributed by atoms with Gasteiger partial charge in [-0.05, 0) is 43.9 Å². The molecule has 106 valence electrons. The molecule has 0 spiro atoms. The zero-order valence-electron chi connectivity index (χ0n) is 11.8. The first-order chi connectivity index (χ1) is 9.19. The lowest BCUT2D eigenvalue weighted by molar-refractivity contribution is 0.0527. The molecule has 0 fully saturated rings.